The van der Waals surface area contributed by atoms with E-state index in [1.807, 2.05) is 0 Å². The van der Waals surface area contributed by atoms with Crippen molar-refractivity contribution in [3.63, 3.8) is 0 Å². The Morgan fingerprint density at radius 2 is 1.87 bits per heavy atom. The summed E-state index contributed by atoms with van der Waals surface area (Å²) in [6.45, 7) is 8.90. The van der Waals surface area contributed by atoms with Crippen LogP contribution in [-0.2, 0) is 0 Å². The number of nitrogens with one attached hydrogen (secondary N) is 1. The summed E-state index contributed by atoms with van der Waals surface area (Å²) in [5.41, 5.74) is 0.602. The normalized spacial score (nSPS) is 34.2. The van der Waals surface area contributed by atoms with Gasteiger partial charge in [-0.25, -0.2) is 0 Å². The van der Waals surface area contributed by atoms with Crippen LogP contribution in [0.5, 0.6) is 0 Å². The van der Waals surface area contributed by atoms with Gasteiger partial charge in [0.2, 0.25) is 0 Å². The van der Waals surface area contributed by atoms with Crippen LogP contribution in [0.3, 0.4) is 0 Å². The van der Waals surface area contributed by atoms with Gasteiger partial charge in [-0.05, 0) is 50.7 Å². The first-order valence-corrected chi connectivity index (χ1v) is 6.78. The summed E-state index contributed by atoms with van der Waals surface area (Å²) in [6, 6.07) is 0. The molecule has 1 unspecified atom stereocenters. The lowest BCUT2D eigenvalue weighted by atomic mass is 9.83. The highest BCUT2D eigenvalue weighted by Crippen LogP contribution is 2.31. The fourth-order valence-electron chi connectivity index (χ4n) is 3.11. The summed E-state index contributed by atoms with van der Waals surface area (Å²) in [4.78, 5) is 2.73. The minimum atomic E-state index is 0.602. The molecular weight excluding hydrogens is 184 g/mol. The van der Waals surface area contributed by atoms with Crippen LogP contribution in [0.15, 0.2) is 0 Å². The largest absolute Gasteiger partial charge is 0.316 e. The molecule has 0 aliphatic carbocycles. The van der Waals surface area contributed by atoms with E-state index in [9.17, 15) is 0 Å². The Bertz CT molecular complexity index is 177. The van der Waals surface area contributed by atoms with Crippen LogP contribution in [0.2, 0.25) is 0 Å². The molecule has 15 heavy (non-hydrogen) atoms. The molecule has 2 nitrogen and oxygen atoms in total. The third-order valence-corrected chi connectivity index (χ3v) is 4.34. The Morgan fingerprint density at radius 1 is 1.13 bits per heavy atom. The van der Waals surface area contributed by atoms with E-state index in [2.05, 4.69) is 17.1 Å². The van der Waals surface area contributed by atoms with Gasteiger partial charge in [-0.2, -0.15) is 0 Å². The molecule has 2 fully saturated rings. The van der Waals surface area contributed by atoms with Crippen molar-refractivity contribution in [1.29, 1.82) is 0 Å². The SMILES string of the molecule is CCC1(CN2CCCCCC2)CCNC1. The van der Waals surface area contributed by atoms with Crippen LogP contribution in [0.1, 0.15) is 45.4 Å². The summed E-state index contributed by atoms with van der Waals surface area (Å²) in [7, 11) is 0. The van der Waals surface area contributed by atoms with Gasteiger partial charge in [0.05, 0.1) is 0 Å². The molecule has 1 N–H and O–H groups in total. The fourth-order valence-corrected chi connectivity index (χ4v) is 3.11. The Hall–Kier alpha value is -0.0800. The second kappa shape index (κ2) is 5.31. The topological polar surface area (TPSA) is 15.3 Å². The molecule has 0 amide bonds. The third-order valence-electron chi connectivity index (χ3n) is 4.34. The molecule has 2 saturated heterocycles. The summed E-state index contributed by atoms with van der Waals surface area (Å²) < 4.78 is 0. The van der Waals surface area contributed by atoms with Gasteiger partial charge >= 0.3 is 0 Å². The molecule has 2 rings (SSSR count). The van der Waals surface area contributed by atoms with Crippen LogP contribution >= 0.6 is 0 Å². The number of hydrogen-bond acceptors (Lipinski definition) is 2. The van der Waals surface area contributed by atoms with Crippen LogP contribution in [0.4, 0.5) is 0 Å². The average Bonchev–Trinajstić information content (AvgIpc) is 2.57. The molecule has 0 aromatic rings. The van der Waals surface area contributed by atoms with Crippen molar-refractivity contribution in [1.82, 2.24) is 10.2 Å². The number of hydrogen-bond donors (Lipinski definition) is 1. The maximum atomic E-state index is 3.54. The number of rotatable bonds is 3. The van der Waals surface area contributed by atoms with E-state index in [1.54, 1.807) is 0 Å². The molecule has 88 valence electrons. The summed E-state index contributed by atoms with van der Waals surface area (Å²) in [6.07, 6.45) is 8.48. The standard InChI is InChI=1S/C13H26N2/c1-2-13(7-8-14-11-13)12-15-9-5-3-4-6-10-15/h14H,2-12H2,1H3. The first-order valence-electron chi connectivity index (χ1n) is 6.78. The lowest BCUT2D eigenvalue weighted by Gasteiger charge is -2.33. The van der Waals surface area contributed by atoms with Crippen LogP contribution in [0, 0.1) is 5.41 Å². The minimum Gasteiger partial charge on any atom is -0.316 e. The first kappa shape index (κ1) is 11.4. The minimum absolute atomic E-state index is 0.602. The van der Waals surface area contributed by atoms with Gasteiger partial charge in [0.1, 0.15) is 0 Å². The molecule has 2 heterocycles. The van der Waals surface area contributed by atoms with E-state index >= 15 is 0 Å². The second-order valence-electron chi connectivity index (χ2n) is 5.47. The maximum absolute atomic E-state index is 3.54. The Balaban J connectivity index is 1.87. The van der Waals surface area contributed by atoms with Crippen molar-refractivity contribution in [2.45, 2.75) is 45.4 Å². The summed E-state index contributed by atoms with van der Waals surface area (Å²) in [5, 5.41) is 3.54. The summed E-state index contributed by atoms with van der Waals surface area (Å²) in [5.74, 6) is 0. The molecule has 0 bridgehead atoms. The molecular formula is C13H26N2. The maximum Gasteiger partial charge on any atom is 0.00505 e. The van der Waals surface area contributed by atoms with Gasteiger partial charge in [-0.15, -0.1) is 0 Å². The Morgan fingerprint density at radius 3 is 2.40 bits per heavy atom. The Kier molecular flexibility index (Phi) is 4.04. The van der Waals surface area contributed by atoms with Crippen molar-refractivity contribution in [2.24, 2.45) is 5.41 Å². The van der Waals surface area contributed by atoms with Crippen LogP contribution in [0.25, 0.3) is 0 Å². The van der Waals surface area contributed by atoms with Crippen molar-refractivity contribution >= 4 is 0 Å². The van der Waals surface area contributed by atoms with E-state index in [4.69, 9.17) is 0 Å². The van der Waals surface area contributed by atoms with E-state index in [0.717, 1.165) is 0 Å². The zero-order valence-corrected chi connectivity index (χ0v) is 10.2. The molecule has 0 radical (unpaired) electrons. The monoisotopic (exact) mass is 210 g/mol. The van der Waals surface area contributed by atoms with E-state index in [1.165, 1.54) is 71.2 Å². The quantitative estimate of drug-likeness (QED) is 0.768. The zero-order chi connectivity index (χ0) is 10.6. The van der Waals surface area contributed by atoms with Crippen molar-refractivity contribution in [3.8, 4) is 0 Å². The number of likely N-dealkylation sites (tertiary alicyclic amines) is 1. The highest BCUT2D eigenvalue weighted by Gasteiger charge is 2.33. The van der Waals surface area contributed by atoms with Gasteiger partial charge in [-0.1, -0.05) is 19.8 Å². The van der Waals surface area contributed by atoms with Crippen molar-refractivity contribution in [2.75, 3.05) is 32.7 Å². The second-order valence-corrected chi connectivity index (χ2v) is 5.47. The van der Waals surface area contributed by atoms with Crippen LogP contribution in [-0.4, -0.2) is 37.6 Å². The van der Waals surface area contributed by atoms with Gasteiger partial charge in [0.25, 0.3) is 0 Å². The first-order chi connectivity index (χ1) is 7.35. The third kappa shape index (κ3) is 2.94. The zero-order valence-electron chi connectivity index (χ0n) is 10.2. The molecule has 2 aliphatic heterocycles. The van der Waals surface area contributed by atoms with E-state index in [0.29, 0.717) is 5.41 Å². The molecule has 2 aliphatic rings. The highest BCUT2D eigenvalue weighted by atomic mass is 15.1. The lowest BCUT2D eigenvalue weighted by molar-refractivity contribution is 0.162. The predicted octanol–water partition coefficient (Wildman–Crippen LogP) is 2.25. The molecule has 0 aromatic carbocycles. The van der Waals surface area contributed by atoms with Gasteiger partial charge in [0.15, 0.2) is 0 Å². The van der Waals surface area contributed by atoms with Crippen molar-refractivity contribution in [3.05, 3.63) is 0 Å². The van der Waals surface area contributed by atoms with E-state index in [-0.39, 0.29) is 0 Å². The Labute approximate surface area is 94.4 Å². The molecule has 2 heteroatoms. The number of nitrogens with zero attached hydrogens (tertiary/aromatic N) is 1. The van der Waals surface area contributed by atoms with E-state index < -0.39 is 0 Å². The average molecular weight is 210 g/mol. The molecule has 1 atom stereocenters. The smallest absolute Gasteiger partial charge is 0.00505 e. The van der Waals surface area contributed by atoms with Crippen molar-refractivity contribution < 1.29 is 0 Å². The van der Waals surface area contributed by atoms with Gasteiger partial charge in [-0.3, -0.25) is 0 Å². The lowest BCUT2D eigenvalue weighted by Crippen LogP contribution is -2.39. The fraction of sp³-hybridized carbons (Fsp3) is 1.00. The van der Waals surface area contributed by atoms with Crippen LogP contribution < -0.4 is 5.32 Å². The predicted molar refractivity (Wildman–Crippen MR) is 65.1 cm³/mol. The summed E-state index contributed by atoms with van der Waals surface area (Å²) >= 11 is 0. The highest BCUT2D eigenvalue weighted by molar-refractivity contribution is 4.89. The van der Waals surface area contributed by atoms with Gasteiger partial charge in [0, 0.05) is 13.1 Å². The molecule has 0 aromatic heterocycles. The van der Waals surface area contributed by atoms with Gasteiger partial charge < -0.3 is 10.2 Å². The molecule has 0 spiro atoms. The molecule has 0 saturated carbocycles.